The van der Waals surface area contributed by atoms with E-state index in [-0.39, 0.29) is 12.6 Å². The van der Waals surface area contributed by atoms with Crippen LogP contribution in [0.3, 0.4) is 0 Å². The lowest BCUT2D eigenvalue weighted by molar-refractivity contribution is -0.175. The summed E-state index contributed by atoms with van der Waals surface area (Å²) in [7, 11) is 1.74. The van der Waals surface area contributed by atoms with Gasteiger partial charge in [-0.3, -0.25) is 0 Å². The van der Waals surface area contributed by atoms with Crippen LogP contribution in [0.5, 0.6) is 0 Å². The fourth-order valence-electron chi connectivity index (χ4n) is 1.16. The van der Waals surface area contributed by atoms with Gasteiger partial charge in [0.1, 0.15) is 6.61 Å². The molecule has 15 heavy (non-hydrogen) atoms. The zero-order chi connectivity index (χ0) is 11.9. The molecule has 0 fully saturated rings. The van der Waals surface area contributed by atoms with Crippen molar-refractivity contribution in [1.29, 1.82) is 0 Å². The number of hydrogen-bond acceptors (Lipinski definition) is 2. The van der Waals surface area contributed by atoms with Crippen LogP contribution >= 0.6 is 0 Å². The molecule has 0 spiro atoms. The van der Waals surface area contributed by atoms with Crippen molar-refractivity contribution in [1.82, 2.24) is 5.32 Å². The summed E-state index contributed by atoms with van der Waals surface area (Å²) in [6, 6.07) is 0.00903. The lowest BCUT2D eigenvalue weighted by Gasteiger charge is -2.17. The quantitative estimate of drug-likeness (QED) is 0.721. The second-order valence-corrected chi connectivity index (χ2v) is 4.09. The molecule has 0 aromatic rings. The molecule has 0 aromatic heterocycles. The van der Waals surface area contributed by atoms with Gasteiger partial charge in [0.15, 0.2) is 0 Å². The van der Waals surface area contributed by atoms with E-state index >= 15 is 0 Å². The van der Waals surface area contributed by atoms with Crippen molar-refractivity contribution < 1.29 is 17.9 Å². The molecule has 0 aliphatic carbocycles. The fourth-order valence-corrected chi connectivity index (χ4v) is 1.16. The molecule has 0 saturated carbocycles. The first kappa shape index (κ1) is 14.7. The van der Waals surface area contributed by atoms with Crippen LogP contribution in [0.1, 0.15) is 26.7 Å². The predicted molar refractivity (Wildman–Crippen MR) is 53.8 cm³/mol. The minimum Gasteiger partial charge on any atom is -0.370 e. The molecule has 1 unspecified atom stereocenters. The molecule has 0 aromatic carbocycles. The smallest absolute Gasteiger partial charge is 0.370 e. The van der Waals surface area contributed by atoms with Crippen LogP contribution in [0.2, 0.25) is 0 Å². The van der Waals surface area contributed by atoms with Crippen molar-refractivity contribution in [2.24, 2.45) is 5.92 Å². The molecule has 92 valence electrons. The zero-order valence-corrected chi connectivity index (χ0v) is 9.53. The Kier molecular flexibility index (Phi) is 6.92. The van der Waals surface area contributed by atoms with E-state index in [1.165, 1.54) is 0 Å². The Morgan fingerprint density at radius 3 is 2.20 bits per heavy atom. The number of alkyl halides is 3. The molecule has 0 saturated heterocycles. The molecule has 5 heteroatoms. The van der Waals surface area contributed by atoms with Crippen molar-refractivity contribution in [2.75, 3.05) is 20.3 Å². The summed E-state index contributed by atoms with van der Waals surface area (Å²) in [6.45, 7) is 3.13. The average Bonchev–Trinajstić information content (AvgIpc) is 2.08. The summed E-state index contributed by atoms with van der Waals surface area (Å²) in [5.74, 6) is 0.559. The molecular formula is C10H20F3NO. The molecule has 1 N–H and O–H groups in total. The number of rotatable bonds is 7. The molecule has 0 aliphatic heterocycles. The van der Waals surface area contributed by atoms with Gasteiger partial charge < -0.3 is 10.1 Å². The average molecular weight is 227 g/mol. The van der Waals surface area contributed by atoms with Gasteiger partial charge in [-0.2, -0.15) is 13.2 Å². The van der Waals surface area contributed by atoms with Gasteiger partial charge in [-0.05, 0) is 25.8 Å². The maximum Gasteiger partial charge on any atom is 0.411 e. The van der Waals surface area contributed by atoms with Gasteiger partial charge >= 0.3 is 6.18 Å². The highest BCUT2D eigenvalue weighted by Crippen LogP contribution is 2.15. The Morgan fingerprint density at radius 1 is 1.20 bits per heavy atom. The van der Waals surface area contributed by atoms with Gasteiger partial charge in [-0.1, -0.05) is 13.8 Å². The summed E-state index contributed by atoms with van der Waals surface area (Å²) < 4.78 is 39.9. The third-order valence-electron chi connectivity index (χ3n) is 2.09. The fraction of sp³-hybridized carbons (Fsp3) is 1.00. The van der Waals surface area contributed by atoms with Gasteiger partial charge in [0, 0.05) is 6.04 Å². The van der Waals surface area contributed by atoms with Gasteiger partial charge in [0.2, 0.25) is 0 Å². The monoisotopic (exact) mass is 227 g/mol. The minimum absolute atomic E-state index is 0.00903. The molecular weight excluding hydrogens is 207 g/mol. The SMILES string of the molecule is CNC(CCC(C)C)COCC(F)(F)F. The van der Waals surface area contributed by atoms with Crippen LogP contribution in [0.15, 0.2) is 0 Å². The Balaban J connectivity index is 3.62. The first-order chi connectivity index (χ1) is 6.85. The molecule has 0 radical (unpaired) electrons. The Bertz CT molecular complexity index is 159. The van der Waals surface area contributed by atoms with Crippen LogP contribution in [-0.2, 0) is 4.74 Å². The molecule has 2 nitrogen and oxygen atoms in total. The maximum absolute atomic E-state index is 11.8. The van der Waals surface area contributed by atoms with Crippen molar-refractivity contribution in [3.05, 3.63) is 0 Å². The standard InChI is InChI=1S/C10H20F3NO/c1-8(2)4-5-9(14-3)6-15-7-10(11,12)13/h8-9,14H,4-7H2,1-3H3. The van der Waals surface area contributed by atoms with Gasteiger partial charge in [-0.25, -0.2) is 0 Å². The largest absolute Gasteiger partial charge is 0.411 e. The summed E-state index contributed by atoms with van der Waals surface area (Å²) in [4.78, 5) is 0. The van der Waals surface area contributed by atoms with Crippen molar-refractivity contribution in [3.8, 4) is 0 Å². The molecule has 0 rings (SSSR count). The third kappa shape index (κ3) is 10.0. The highest BCUT2D eigenvalue weighted by molar-refractivity contribution is 4.65. The summed E-state index contributed by atoms with van der Waals surface area (Å²) in [6.07, 6.45) is -2.40. The molecule has 0 amide bonds. The Hall–Kier alpha value is -0.290. The lowest BCUT2D eigenvalue weighted by atomic mass is 10.0. The molecule has 0 aliphatic rings. The van der Waals surface area contributed by atoms with Crippen LogP contribution in [0.4, 0.5) is 13.2 Å². The van der Waals surface area contributed by atoms with E-state index in [2.05, 4.69) is 23.9 Å². The first-order valence-corrected chi connectivity index (χ1v) is 5.17. The number of hydrogen-bond donors (Lipinski definition) is 1. The number of likely N-dealkylation sites (N-methyl/N-ethyl adjacent to an activating group) is 1. The van der Waals surface area contributed by atoms with E-state index in [1.54, 1.807) is 7.05 Å². The van der Waals surface area contributed by atoms with E-state index in [9.17, 15) is 13.2 Å². The minimum atomic E-state index is -4.23. The van der Waals surface area contributed by atoms with Gasteiger partial charge in [-0.15, -0.1) is 0 Å². The highest BCUT2D eigenvalue weighted by atomic mass is 19.4. The third-order valence-corrected chi connectivity index (χ3v) is 2.09. The van der Waals surface area contributed by atoms with Crippen LogP contribution in [-0.4, -0.2) is 32.5 Å². The number of ether oxygens (including phenoxy) is 1. The summed E-state index contributed by atoms with van der Waals surface area (Å²) >= 11 is 0. The molecule has 0 heterocycles. The maximum atomic E-state index is 11.8. The Labute approximate surface area is 89.2 Å². The topological polar surface area (TPSA) is 21.3 Å². The summed E-state index contributed by atoms with van der Waals surface area (Å²) in [5.41, 5.74) is 0. The first-order valence-electron chi connectivity index (χ1n) is 5.17. The molecule has 0 bridgehead atoms. The van der Waals surface area contributed by atoms with E-state index in [1.807, 2.05) is 0 Å². The van der Waals surface area contributed by atoms with E-state index in [4.69, 9.17) is 0 Å². The number of halogens is 3. The van der Waals surface area contributed by atoms with Crippen LogP contribution in [0.25, 0.3) is 0 Å². The highest BCUT2D eigenvalue weighted by Gasteiger charge is 2.27. The Morgan fingerprint density at radius 2 is 1.80 bits per heavy atom. The normalized spacial score (nSPS) is 14.6. The van der Waals surface area contributed by atoms with Gasteiger partial charge in [0.05, 0.1) is 6.61 Å². The van der Waals surface area contributed by atoms with Crippen LogP contribution in [0, 0.1) is 5.92 Å². The van der Waals surface area contributed by atoms with Gasteiger partial charge in [0.25, 0.3) is 0 Å². The zero-order valence-electron chi connectivity index (χ0n) is 9.53. The molecule has 1 atom stereocenters. The second kappa shape index (κ2) is 7.06. The van der Waals surface area contributed by atoms with E-state index in [0.717, 1.165) is 12.8 Å². The lowest BCUT2D eigenvalue weighted by Crippen LogP contribution is -2.32. The predicted octanol–water partition coefficient (Wildman–Crippen LogP) is 2.59. The van der Waals surface area contributed by atoms with Crippen molar-refractivity contribution in [3.63, 3.8) is 0 Å². The summed E-state index contributed by atoms with van der Waals surface area (Å²) in [5, 5.41) is 2.95. The second-order valence-electron chi connectivity index (χ2n) is 4.09. The van der Waals surface area contributed by atoms with E-state index < -0.39 is 12.8 Å². The number of nitrogens with one attached hydrogen (secondary N) is 1. The van der Waals surface area contributed by atoms with E-state index in [0.29, 0.717) is 5.92 Å². The van der Waals surface area contributed by atoms with Crippen molar-refractivity contribution in [2.45, 2.75) is 38.9 Å². The van der Waals surface area contributed by atoms with Crippen LogP contribution < -0.4 is 5.32 Å². The van der Waals surface area contributed by atoms with Crippen molar-refractivity contribution >= 4 is 0 Å².